The summed E-state index contributed by atoms with van der Waals surface area (Å²) >= 11 is 0. The van der Waals surface area contributed by atoms with Crippen LogP contribution in [-0.4, -0.2) is 42.7 Å². The third-order valence-corrected chi connectivity index (χ3v) is 3.52. The van der Waals surface area contributed by atoms with Crippen molar-refractivity contribution in [2.45, 2.75) is 20.3 Å². The van der Waals surface area contributed by atoms with E-state index in [4.69, 9.17) is 9.47 Å². The van der Waals surface area contributed by atoms with E-state index in [1.54, 1.807) is 0 Å². The van der Waals surface area contributed by atoms with Crippen molar-refractivity contribution < 1.29 is 14.3 Å². The minimum atomic E-state index is -0.156. The molecular weight excluding hydrogens is 258 g/mol. The van der Waals surface area contributed by atoms with E-state index in [2.05, 4.69) is 21.8 Å². The first-order valence-electron chi connectivity index (χ1n) is 6.93. The van der Waals surface area contributed by atoms with Gasteiger partial charge >= 0.3 is 5.97 Å². The molecule has 0 amide bonds. The Balaban J connectivity index is 2.07. The van der Waals surface area contributed by atoms with Gasteiger partial charge in [-0.05, 0) is 12.3 Å². The summed E-state index contributed by atoms with van der Waals surface area (Å²) in [7, 11) is 1.43. The van der Waals surface area contributed by atoms with E-state index in [0.29, 0.717) is 19.0 Å². The van der Waals surface area contributed by atoms with Gasteiger partial charge in [0.1, 0.15) is 12.1 Å². The third kappa shape index (κ3) is 3.18. The fourth-order valence-electron chi connectivity index (χ4n) is 2.40. The quantitative estimate of drug-likeness (QED) is 0.761. The molecule has 2 rings (SSSR count). The van der Waals surface area contributed by atoms with Crippen LogP contribution in [0.4, 0.5) is 5.82 Å². The van der Waals surface area contributed by atoms with Crippen LogP contribution in [0.5, 0.6) is 5.88 Å². The average molecular weight is 279 g/mol. The normalized spacial score (nSPS) is 21.9. The molecule has 6 heteroatoms. The van der Waals surface area contributed by atoms with E-state index in [9.17, 15) is 4.79 Å². The molecule has 1 aliphatic rings. The van der Waals surface area contributed by atoms with Crippen molar-refractivity contribution in [1.82, 2.24) is 9.97 Å². The maximum atomic E-state index is 11.7. The Kier molecular flexibility index (Phi) is 4.76. The highest BCUT2D eigenvalue weighted by molar-refractivity contribution is 5.74. The maximum absolute atomic E-state index is 11.7. The van der Waals surface area contributed by atoms with Gasteiger partial charge in [0.15, 0.2) is 0 Å². The molecule has 0 aliphatic carbocycles. The molecule has 0 spiro atoms. The summed E-state index contributed by atoms with van der Waals surface area (Å²) in [4.78, 5) is 22.1. The Morgan fingerprint density at radius 3 is 2.95 bits per heavy atom. The Hall–Kier alpha value is -1.85. The van der Waals surface area contributed by atoms with Crippen molar-refractivity contribution in [3.8, 4) is 5.88 Å². The van der Waals surface area contributed by atoms with E-state index >= 15 is 0 Å². The Morgan fingerprint density at radius 1 is 1.45 bits per heavy atom. The van der Waals surface area contributed by atoms with Gasteiger partial charge in [0.2, 0.25) is 5.88 Å². The van der Waals surface area contributed by atoms with Crippen molar-refractivity contribution in [3.63, 3.8) is 0 Å². The van der Waals surface area contributed by atoms with E-state index in [1.807, 2.05) is 13.0 Å². The van der Waals surface area contributed by atoms with Crippen LogP contribution in [0.1, 0.15) is 20.3 Å². The molecular formula is C14H21N3O3. The molecule has 6 nitrogen and oxygen atoms in total. The van der Waals surface area contributed by atoms with Crippen molar-refractivity contribution in [2.75, 3.05) is 31.7 Å². The summed E-state index contributed by atoms with van der Waals surface area (Å²) in [6.07, 6.45) is 2.43. The molecule has 0 N–H and O–H groups in total. The Morgan fingerprint density at radius 2 is 2.25 bits per heavy atom. The lowest BCUT2D eigenvalue weighted by Gasteiger charge is -2.17. The molecule has 20 heavy (non-hydrogen) atoms. The number of esters is 1. The van der Waals surface area contributed by atoms with Gasteiger partial charge in [-0.15, -0.1) is 0 Å². The molecule has 0 radical (unpaired) electrons. The van der Waals surface area contributed by atoms with Crippen molar-refractivity contribution in [2.24, 2.45) is 11.8 Å². The highest BCUT2D eigenvalue weighted by Gasteiger charge is 2.36. The van der Waals surface area contributed by atoms with Gasteiger partial charge < -0.3 is 14.4 Å². The number of ether oxygens (including phenoxy) is 2. The zero-order valence-electron chi connectivity index (χ0n) is 12.2. The van der Waals surface area contributed by atoms with Gasteiger partial charge in [-0.3, -0.25) is 4.79 Å². The first kappa shape index (κ1) is 14.6. The topological polar surface area (TPSA) is 64.5 Å². The highest BCUT2D eigenvalue weighted by atomic mass is 16.5. The molecule has 2 unspecified atom stereocenters. The van der Waals surface area contributed by atoms with E-state index < -0.39 is 0 Å². The number of anilines is 1. The number of nitrogens with zero attached hydrogens (tertiary/aromatic N) is 3. The predicted octanol–water partition coefficient (Wildman–Crippen LogP) is 1.51. The van der Waals surface area contributed by atoms with Gasteiger partial charge in [-0.2, -0.15) is 0 Å². The van der Waals surface area contributed by atoms with Gasteiger partial charge in [0.05, 0.1) is 19.6 Å². The summed E-state index contributed by atoms with van der Waals surface area (Å²) in [6.45, 7) is 6.14. The molecule has 0 saturated carbocycles. The van der Waals surface area contributed by atoms with Crippen LogP contribution in [-0.2, 0) is 9.53 Å². The SMILES string of the molecule is CCCOc1cc(N2CC(C)C(C(=O)OC)C2)ncn1. The van der Waals surface area contributed by atoms with Crippen LogP contribution in [0.3, 0.4) is 0 Å². The van der Waals surface area contributed by atoms with E-state index in [0.717, 1.165) is 18.8 Å². The average Bonchev–Trinajstić information content (AvgIpc) is 2.86. The zero-order chi connectivity index (χ0) is 14.5. The van der Waals surface area contributed by atoms with E-state index in [-0.39, 0.29) is 17.8 Å². The largest absolute Gasteiger partial charge is 0.478 e. The first-order chi connectivity index (χ1) is 9.65. The van der Waals surface area contributed by atoms with Crippen LogP contribution in [0.2, 0.25) is 0 Å². The van der Waals surface area contributed by atoms with Gasteiger partial charge in [0.25, 0.3) is 0 Å². The van der Waals surface area contributed by atoms with Crippen molar-refractivity contribution >= 4 is 11.8 Å². The molecule has 1 aliphatic heterocycles. The minimum absolute atomic E-state index is 0.102. The standard InChI is InChI=1S/C14H21N3O3/c1-4-5-20-13-6-12(15-9-16-13)17-7-10(2)11(8-17)14(18)19-3/h6,9-11H,4-5,7-8H2,1-3H3. The molecule has 1 fully saturated rings. The summed E-state index contributed by atoms with van der Waals surface area (Å²) < 4.78 is 10.4. The summed E-state index contributed by atoms with van der Waals surface area (Å²) in [6, 6.07) is 1.82. The maximum Gasteiger partial charge on any atom is 0.310 e. The van der Waals surface area contributed by atoms with Crippen LogP contribution in [0.15, 0.2) is 12.4 Å². The fraction of sp³-hybridized carbons (Fsp3) is 0.643. The summed E-state index contributed by atoms with van der Waals surface area (Å²) in [5.41, 5.74) is 0. The second kappa shape index (κ2) is 6.54. The first-order valence-corrected chi connectivity index (χ1v) is 6.93. The van der Waals surface area contributed by atoms with Crippen LogP contribution >= 0.6 is 0 Å². The zero-order valence-corrected chi connectivity index (χ0v) is 12.2. The van der Waals surface area contributed by atoms with Crippen LogP contribution < -0.4 is 9.64 Å². The number of methoxy groups -OCH3 is 1. The second-order valence-corrected chi connectivity index (χ2v) is 5.07. The molecule has 1 aromatic rings. The number of carbonyl (C=O) groups excluding carboxylic acids is 1. The van der Waals surface area contributed by atoms with E-state index in [1.165, 1.54) is 13.4 Å². The molecule has 1 saturated heterocycles. The lowest BCUT2D eigenvalue weighted by Crippen LogP contribution is -2.24. The number of carbonyl (C=O) groups is 1. The monoisotopic (exact) mass is 279 g/mol. The Labute approximate surface area is 119 Å². The summed E-state index contributed by atoms with van der Waals surface area (Å²) in [5.74, 6) is 1.36. The predicted molar refractivity (Wildman–Crippen MR) is 74.7 cm³/mol. The smallest absolute Gasteiger partial charge is 0.310 e. The number of rotatable bonds is 5. The molecule has 1 aromatic heterocycles. The summed E-state index contributed by atoms with van der Waals surface area (Å²) in [5, 5.41) is 0. The van der Waals surface area contributed by atoms with Crippen LogP contribution in [0, 0.1) is 11.8 Å². The second-order valence-electron chi connectivity index (χ2n) is 5.07. The van der Waals surface area contributed by atoms with Gasteiger partial charge in [0, 0.05) is 19.2 Å². The van der Waals surface area contributed by atoms with Gasteiger partial charge in [-0.25, -0.2) is 9.97 Å². The number of hydrogen-bond acceptors (Lipinski definition) is 6. The number of aromatic nitrogens is 2. The number of hydrogen-bond donors (Lipinski definition) is 0. The lowest BCUT2D eigenvalue weighted by atomic mass is 9.99. The molecule has 0 aromatic carbocycles. The van der Waals surface area contributed by atoms with Crippen molar-refractivity contribution in [1.29, 1.82) is 0 Å². The minimum Gasteiger partial charge on any atom is -0.478 e. The van der Waals surface area contributed by atoms with Gasteiger partial charge in [-0.1, -0.05) is 13.8 Å². The molecule has 2 heterocycles. The highest BCUT2D eigenvalue weighted by Crippen LogP contribution is 2.28. The lowest BCUT2D eigenvalue weighted by molar-refractivity contribution is -0.145. The third-order valence-electron chi connectivity index (χ3n) is 3.52. The van der Waals surface area contributed by atoms with Crippen LogP contribution in [0.25, 0.3) is 0 Å². The fourth-order valence-corrected chi connectivity index (χ4v) is 2.40. The Bertz CT molecular complexity index is 467. The van der Waals surface area contributed by atoms with Crippen molar-refractivity contribution in [3.05, 3.63) is 12.4 Å². The molecule has 2 atom stereocenters. The molecule has 0 bridgehead atoms. The molecule has 110 valence electrons.